The number of hydrazine groups is 1. The summed E-state index contributed by atoms with van der Waals surface area (Å²) in [7, 11) is -8.15. The van der Waals surface area contributed by atoms with Crippen molar-refractivity contribution in [2.24, 2.45) is 0 Å². The Kier molecular flexibility index (Phi) is 4.12. The van der Waals surface area contributed by atoms with Crippen LogP contribution < -0.4 is 9.66 Å². The normalized spacial score (nSPS) is 12.5. The fourth-order valence-corrected chi connectivity index (χ4v) is 4.71. The predicted octanol–water partition coefficient (Wildman–Crippen LogP) is 0.863. The number of hydrogen-bond acceptors (Lipinski definition) is 7. The average molecular weight is 370 g/mol. The lowest BCUT2D eigenvalue weighted by Crippen LogP contribution is -2.41. The minimum atomic E-state index is -4.13. The summed E-state index contributed by atoms with van der Waals surface area (Å²) >= 11 is 0.873. The van der Waals surface area contributed by atoms with Crippen molar-refractivity contribution in [2.45, 2.75) is 9.79 Å². The van der Waals surface area contributed by atoms with Crippen LogP contribution in [0.1, 0.15) is 0 Å². The maximum Gasteiger partial charge on any atom is 0.256 e. The van der Waals surface area contributed by atoms with Gasteiger partial charge in [-0.3, -0.25) is 0 Å². The Morgan fingerprint density at radius 2 is 1.48 bits per heavy atom. The summed E-state index contributed by atoms with van der Waals surface area (Å²) < 4.78 is 56.6. The third-order valence-corrected chi connectivity index (χ3v) is 6.12. The zero-order valence-corrected chi connectivity index (χ0v) is 13.8. The highest BCUT2D eigenvalue weighted by Gasteiger charge is 2.22. The molecule has 0 unspecified atom stereocenters. The monoisotopic (exact) mass is 370 g/mol. The third kappa shape index (κ3) is 3.23. The number of rotatable bonds is 5. The summed E-state index contributed by atoms with van der Waals surface area (Å²) in [4.78, 5) is 3.52. The van der Waals surface area contributed by atoms with Gasteiger partial charge in [0.2, 0.25) is 0 Å². The number of nitrogens with one attached hydrogen (secondary N) is 2. The summed E-state index contributed by atoms with van der Waals surface area (Å²) in [6.45, 7) is 0. The minimum Gasteiger partial charge on any atom is -0.206 e. The molecule has 8 nitrogen and oxygen atoms in total. The van der Waals surface area contributed by atoms with E-state index in [1.54, 1.807) is 12.1 Å². The van der Waals surface area contributed by atoms with Crippen LogP contribution in [-0.4, -0.2) is 25.6 Å². The Labute approximate surface area is 136 Å². The maximum atomic E-state index is 12.3. The van der Waals surface area contributed by atoms with Gasteiger partial charge in [-0.15, -0.1) is 9.66 Å². The van der Waals surface area contributed by atoms with E-state index in [1.165, 1.54) is 36.4 Å². The summed E-state index contributed by atoms with van der Waals surface area (Å²) in [6.07, 6.45) is 0. The van der Waals surface area contributed by atoms with E-state index in [4.69, 9.17) is 0 Å². The molecule has 3 rings (SSSR count). The second-order valence-electron chi connectivity index (χ2n) is 4.41. The summed E-state index contributed by atoms with van der Waals surface area (Å²) in [5.41, 5.74) is 0.604. The van der Waals surface area contributed by atoms with E-state index >= 15 is 0 Å². The second-order valence-corrected chi connectivity index (χ2v) is 8.27. The van der Waals surface area contributed by atoms with Gasteiger partial charge in [-0.25, -0.2) is 16.8 Å². The first-order valence-corrected chi connectivity index (χ1v) is 9.90. The van der Waals surface area contributed by atoms with Gasteiger partial charge in [0, 0.05) is 0 Å². The Hall–Kier alpha value is -1.92. The van der Waals surface area contributed by atoms with Gasteiger partial charge >= 0.3 is 0 Å². The molecular weight excluding hydrogens is 360 g/mol. The van der Waals surface area contributed by atoms with Crippen molar-refractivity contribution in [1.82, 2.24) is 18.4 Å². The minimum absolute atomic E-state index is 0.0590. The first-order valence-electron chi connectivity index (χ1n) is 6.20. The molecule has 0 aliphatic heterocycles. The number of hydrogen-bond donors (Lipinski definition) is 2. The Balaban J connectivity index is 1.89. The first kappa shape index (κ1) is 16.0. The first-order chi connectivity index (χ1) is 10.9. The lowest BCUT2D eigenvalue weighted by molar-refractivity contribution is 0.558. The average Bonchev–Trinajstić information content (AvgIpc) is 3.02. The lowest BCUT2D eigenvalue weighted by atomic mass is 10.3. The van der Waals surface area contributed by atoms with Gasteiger partial charge in [-0.1, -0.05) is 24.3 Å². The van der Waals surface area contributed by atoms with E-state index in [0.717, 1.165) is 11.7 Å². The number of sulfonamides is 2. The molecule has 3 aromatic rings. The molecule has 0 atom stereocenters. The summed E-state index contributed by atoms with van der Waals surface area (Å²) in [6, 6.07) is 11.9. The molecule has 0 aliphatic rings. The Bertz CT molecular complexity index is 1050. The summed E-state index contributed by atoms with van der Waals surface area (Å²) in [5.74, 6) is 0. The lowest BCUT2D eigenvalue weighted by Gasteiger charge is -2.09. The highest BCUT2D eigenvalue weighted by molar-refractivity contribution is 7.92. The molecule has 0 bridgehead atoms. The van der Waals surface area contributed by atoms with E-state index in [0.29, 0.717) is 5.52 Å². The quantitative estimate of drug-likeness (QED) is 0.643. The molecule has 0 saturated carbocycles. The molecule has 0 amide bonds. The molecular formula is C12H10N4O4S3. The zero-order valence-electron chi connectivity index (χ0n) is 11.4. The van der Waals surface area contributed by atoms with Crippen molar-refractivity contribution in [3.8, 4) is 0 Å². The van der Waals surface area contributed by atoms with E-state index in [1.807, 2.05) is 9.66 Å². The molecule has 120 valence electrons. The number of nitrogens with zero attached hydrogens (tertiary/aromatic N) is 2. The fourth-order valence-electron chi connectivity index (χ4n) is 1.82. The summed E-state index contributed by atoms with van der Waals surface area (Å²) in [5, 5.41) is 0. The van der Waals surface area contributed by atoms with E-state index in [2.05, 4.69) is 8.75 Å². The van der Waals surface area contributed by atoms with E-state index < -0.39 is 20.0 Å². The molecule has 0 fully saturated rings. The fraction of sp³-hybridized carbons (Fsp3) is 0. The number of aromatic nitrogens is 2. The molecule has 1 aromatic heterocycles. The Morgan fingerprint density at radius 3 is 2.22 bits per heavy atom. The van der Waals surface area contributed by atoms with Crippen molar-refractivity contribution < 1.29 is 16.8 Å². The topological polar surface area (TPSA) is 118 Å². The zero-order chi connectivity index (χ0) is 16.5. The van der Waals surface area contributed by atoms with Crippen LogP contribution in [0.15, 0.2) is 58.3 Å². The van der Waals surface area contributed by atoms with Gasteiger partial charge in [0.1, 0.15) is 15.9 Å². The van der Waals surface area contributed by atoms with Gasteiger partial charge in [0.05, 0.1) is 16.6 Å². The number of fused-ring (bicyclic) bond motifs is 1. The van der Waals surface area contributed by atoms with E-state index in [-0.39, 0.29) is 15.3 Å². The predicted molar refractivity (Wildman–Crippen MR) is 84.5 cm³/mol. The van der Waals surface area contributed by atoms with Gasteiger partial charge in [-0.2, -0.15) is 8.75 Å². The van der Waals surface area contributed by atoms with Crippen LogP contribution >= 0.6 is 11.7 Å². The maximum absolute atomic E-state index is 12.3. The molecule has 0 spiro atoms. The highest BCUT2D eigenvalue weighted by atomic mass is 32.2. The van der Waals surface area contributed by atoms with Crippen molar-refractivity contribution >= 4 is 42.8 Å². The van der Waals surface area contributed by atoms with E-state index in [9.17, 15) is 16.8 Å². The standard InChI is InChI=1S/C12H10N4O4S3/c17-22(18,9-5-2-1-3-6-9)15-16-23(19,20)11-8-4-7-10-12(11)14-21-13-10/h1-8,15-16H. The SMILES string of the molecule is O=S(=O)(NNS(=O)(=O)c1cccc2nsnc12)c1ccccc1. The van der Waals surface area contributed by atoms with Crippen LogP contribution in [0.2, 0.25) is 0 Å². The van der Waals surface area contributed by atoms with Gasteiger partial charge < -0.3 is 0 Å². The van der Waals surface area contributed by atoms with Gasteiger partial charge in [-0.05, 0) is 24.3 Å². The van der Waals surface area contributed by atoms with Crippen LogP contribution in [0.5, 0.6) is 0 Å². The molecule has 11 heteroatoms. The number of benzene rings is 2. The van der Waals surface area contributed by atoms with Crippen LogP contribution in [0.3, 0.4) is 0 Å². The van der Waals surface area contributed by atoms with Crippen molar-refractivity contribution in [3.05, 3.63) is 48.5 Å². The largest absolute Gasteiger partial charge is 0.256 e. The molecule has 2 N–H and O–H groups in total. The third-order valence-electron chi connectivity index (χ3n) is 2.90. The highest BCUT2D eigenvalue weighted by Crippen LogP contribution is 2.20. The molecule has 0 radical (unpaired) electrons. The molecule has 0 saturated heterocycles. The molecule has 1 heterocycles. The van der Waals surface area contributed by atoms with Crippen LogP contribution in [0, 0.1) is 0 Å². The van der Waals surface area contributed by atoms with Crippen molar-refractivity contribution in [1.29, 1.82) is 0 Å². The molecule has 2 aromatic carbocycles. The van der Waals surface area contributed by atoms with Crippen LogP contribution in [-0.2, 0) is 20.0 Å². The van der Waals surface area contributed by atoms with Crippen molar-refractivity contribution in [3.63, 3.8) is 0 Å². The second kappa shape index (κ2) is 5.94. The molecule has 0 aliphatic carbocycles. The Morgan fingerprint density at radius 1 is 0.783 bits per heavy atom. The van der Waals surface area contributed by atoms with Gasteiger partial charge in [0.15, 0.2) is 0 Å². The van der Waals surface area contributed by atoms with Crippen LogP contribution in [0.4, 0.5) is 0 Å². The van der Waals surface area contributed by atoms with Gasteiger partial charge in [0.25, 0.3) is 20.0 Å². The smallest absolute Gasteiger partial charge is 0.206 e. The van der Waals surface area contributed by atoms with Crippen LogP contribution in [0.25, 0.3) is 11.0 Å². The van der Waals surface area contributed by atoms with Crippen molar-refractivity contribution in [2.75, 3.05) is 0 Å². The molecule has 23 heavy (non-hydrogen) atoms.